The topological polar surface area (TPSA) is 44.5 Å². The first-order chi connectivity index (χ1) is 9.35. The number of para-hydroxylation sites is 1. The fraction of sp³-hybridized carbons (Fsp3) is 0.571. The zero-order valence-corrected chi connectivity index (χ0v) is 11.2. The second kappa shape index (κ2) is 5.61. The molecule has 1 fully saturated rings. The van der Waals surface area contributed by atoms with Crippen molar-refractivity contribution in [2.45, 2.75) is 43.7 Å². The third-order valence-corrected chi connectivity index (χ3v) is 3.83. The molecule has 0 aromatic heterocycles. The number of methoxy groups -OCH3 is 1. The zero-order valence-electron chi connectivity index (χ0n) is 11.2. The maximum absolute atomic E-state index is 12.4. The third-order valence-electron chi connectivity index (χ3n) is 3.83. The van der Waals surface area contributed by atoms with Crippen LogP contribution in [0.4, 0.5) is 13.2 Å². The van der Waals surface area contributed by atoms with Crippen molar-refractivity contribution in [2.75, 3.05) is 7.11 Å². The summed E-state index contributed by atoms with van der Waals surface area (Å²) < 4.78 is 46.6. The third kappa shape index (κ3) is 3.43. The van der Waals surface area contributed by atoms with E-state index in [2.05, 4.69) is 4.74 Å². The Morgan fingerprint density at radius 2 is 1.95 bits per heavy atom. The zero-order chi connectivity index (χ0) is 14.8. The second-order valence-corrected chi connectivity index (χ2v) is 5.14. The van der Waals surface area contributed by atoms with Crippen molar-refractivity contribution >= 4 is 0 Å². The van der Waals surface area contributed by atoms with Gasteiger partial charge < -0.3 is 15.2 Å². The van der Waals surface area contributed by atoms with Gasteiger partial charge in [0.05, 0.1) is 5.60 Å². The van der Waals surface area contributed by atoms with Gasteiger partial charge in [-0.3, -0.25) is 0 Å². The monoisotopic (exact) mass is 289 g/mol. The Hall–Kier alpha value is -1.27. The van der Waals surface area contributed by atoms with E-state index in [1.165, 1.54) is 12.1 Å². The highest BCUT2D eigenvalue weighted by molar-refractivity contribution is 5.36. The molecule has 1 atom stereocenters. The largest absolute Gasteiger partial charge is 0.573 e. The van der Waals surface area contributed by atoms with Crippen molar-refractivity contribution in [3.05, 3.63) is 29.8 Å². The van der Waals surface area contributed by atoms with Crippen LogP contribution in [0.3, 0.4) is 0 Å². The van der Waals surface area contributed by atoms with E-state index in [1.807, 2.05) is 0 Å². The summed E-state index contributed by atoms with van der Waals surface area (Å²) in [6.45, 7) is 0. The van der Waals surface area contributed by atoms with E-state index in [9.17, 15) is 13.2 Å². The average Bonchev–Trinajstić information content (AvgIpc) is 2.32. The van der Waals surface area contributed by atoms with Crippen molar-refractivity contribution in [3.63, 3.8) is 0 Å². The highest BCUT2D eigenvalue weighted by atomic mass is 19.4. The molecule has 2 rings (SSSR count). The normalized spacial score (nSPS) is 19.2. The van der Waals surface area contributed by atoms with E-state index in [-0.39, 0.29) is 11.4 Å². The number of nitrogens with two attached hydrogens (primary N) is 1. The molecule has 112 valence electrons. The Bertz CT molecular complexity index is 452. The summed E-state index contributed by atoms with van der Waals surface area (Å²) in [7, 11) is 1.62. The molecule has 0 heterocycles. The smallest absolute Gasteiger partial charge is 0.405 e. The number of ether oxygens (including phenoxy) is 2. The predicted molar refractivity (Wildman–Crippen MR) is 68.3 cm³/mol. The fourth-order valence-electron chi connectivity index (χ4n) is 2.58. The average molecular weight is 289 g/mol. The highest BCUT2D eigenvalue weighted by Gasteiger charge is 2.39. The number of benzene rings is 1. The molecule has 1 aromatic rings. The molecule has 0 spiro atoms. The van der Waals surface area contributed by atoms with E-state index < -0.39 is 12.4 Å². The summed E-state index contributed by atoms with van der Waals surface area (Å²) >= 11 is 0. The molecule has 3 nitrogen and oxygen atoms in total. The van der Waals surface area contributed by atoms with Crippen molar-refractivity contribution in [1.82, 2.24) is 0 Å². The predicted octanol–water partition coefficient (Wildman–Crippen LogP) is 3.54. The maximum atomic E-state index is 12.4. The summed E-state index contributed by atoms with van der Waals surface area (Å²) in [5.74, 6) is -0.238. The first-order valence-corrected chi connectivity index (χ1v) is 6.51. The van der Waals surface area contributed by atoms with Crippen LogP contribution in [-0.4, -0.2) is 19.1 Å². The van der Waals surface area contributed by atoms with Crippen molar-refractivity contribution < 1.29 is 22.6 Å². The van der Waals surface area contributed by atoms with Crippen LogP contribution < -0.4 is 10.5 Å². The minimum atomic E-state index is -4.72. The molecule has 1 aliphatic carbocycles. The SMILES string of the molecule is COC1(CC(N)c2ccccc2OC(F)(F)F)CCC1. The van der Waals surface area contributed by atoms with Crippen LogP contribution in [0.5, 0.6) is 5.75 Å². The van der Waals surface area contributed by atoms with Gasteiger partial charge in [0.15, 0.2) is 0 Å². The van der Waals surface area contributed by atoms with Gasteiger partial charge in [0.1, 0.15) is 5.75 Å². The summed E-state index contributed by atoms with van der Waals surface area (Å²) in [5.41, 5.74) is 6.11. The van der Waals surface area contributed by atoms with Crippen LogP contribution in [0.15, 0.2) is 24.3 Å². The first-order valence-electron chi connectivity index (χ1n) is 6.51. The van der Waals surface area contributed by atoms with Crippen LogP contribution in [0, 0.1) is 0 Å². The van der Waals surface area contributed by atoms with Crippen LogP contribution in [0.25, 0.3) is 0 Å². The van der Waals surface area contributed by atoms with E-state index >= 15 is 0 Å². The lowest BCUT2D eigenvalue weighted by Gasteiger charge is -2.42. The Morgan fingerprint density at radius 3 is 2.45 bits per heavy atom. The van der Waals surface area contributed by atoms with Crippen LogP contribution in [0.1, 0.15) is 37.3 Å². The molecule has 1 saturated carbocycles. The Morgan fingerprint density at radius 1 is 1.30 bits per heavy atom. The van der Waals surface area contributed by atoms with E-state index in [1.54, 1.807) is 19.2 Å². The van der Waals surface area contributed by atoms with Gasteiger partial charge in [-0.25, -0.2) is 0 Å². The van der Waals surface area contributed by atoms with Gasteiger partial charge in [-0.05, 0) is 31.7 Å². The van der Waals surface area contributed by atoms with Gasteiger partial charge in [-0.1, -0.05) is 18.2 Å². The van der Waals surface area contributed by atoms with Crippen LogP contribution in [-0.2, 0) is 4.74 Å². The number of hydrogen-bond donors (Lipinski definition) is 1. The van der Waals surface area contributed by atoms with Gasteiger partial charge in [-0.2, -0.15) is 0 Å². The van der Waals surface area contributed by atoms with E-state index in [0.717, 1.165) is 19.3 Å². The lowest BCUT2D eigenvalue weighted by Crippen LogP contribution is -2.42. The quantitative estimate of drug-likeness (QED) is 0.901. The molecule has 2 N–H and O–H groups in total. The minimum Gasteiger partial charge on any atom is -0.405 e. The van der Waals surface area contributed by atoms with Gasteiger partial charge in [0, 0.05) is 18.7 Å². The van der Waals surface area contributed by atoms with Crippen molar-refractivity contribution in [2.24, 2.45) is 5.73 Å². The van der Waals surface area contributed by atoms with Gasteiger partial charge >= 0.3 is 6.36 Å². The lowest BCUT2D eigenvalue weighted by molar-refractivity contribution is -0.275. The summed E-state index contributed by atoms with van der Waals surface area (Å²) in [4.78, 5) is 0. The molecule has 1 unspecified atom stereocenters. The van der Waals surface area contributed by atoms with Crippen molar-refractivity contribution in [1.29, 1.82) is 0 Å². The molecule has 0 amide bonds. The lowest BCUT2D eigenvalue weighted by atomic mass is 9.75. The number of hydrogen-bond acceptors (Lipinski definition) is 3. The molecular formula is C14H18F3NO2. The summed E-state index contributed by atoms with van der Waals surface area (Å²) in [6.07, 6.45) is -1.40. The highest BCUT2D eigenvalue weighted by Crippen LogP contribution is 2.42. The first kappa shape index (κ1) is 15.1. The fourth-order valence-corrected chi connectivity index (χ4v) is 2.58. The molecular weight excluding hydrogens is 271 g/mol. The number of alkyl halides is 3. The second-order valence-electron chi connectivity index (χ2n) is 5.14. The standard InChI is InChI=1S/C14H18F3NO2/c1-19-13(7-4-8-13)9-11(18)10-5-2-3-6-12(10)20-14(15,16)17/h2-3,5-6,11H,4,7-9,18H2,1H3. The van der Waals surface area contributed by atoms with Gasteiger partial charge in [-0.15, -0.1) is 13.2 Å². The summed E-state index contributed by atoms with van der Waals surface area (Å²) in [6, 6.07) is 5.44. The van der Waals surface area contributed by atoms with E-state index in [0.29, 0.717) is 12.0 Å². The molecule has 20 heavy (non-hydrogen) atoms. The Balaban J connectivity index is 2.15. The molecule has 1 aromatic carbocycles. The molecule has 0 saturated heterocycles. The minimum absolute atomic E-state index is 0.238. The maximum Gasteiger partial charge on any atom is 0.573 e. The summed E-state index contributed by atoms with van der Waals surface area (Å²) in [5, 5.41) is 0. The van der Waals surface area contributed by atoms with Crippen LogP contribution >= 0.6 is 0 Å². The number of halogens is 3. The molecule has 0 aliphatic heterocycles. The Labute approximate surface area is 115 Å². The molecule has 6 heteroatoms. The van der Waals surface area contributed by atoms with Crippen molar-refractivity contribution in [3.8, 4) is 5.75 Å². The Kier molecular flexibility index (Phi) is 4.25. The molecule has 1 aliphatic rings. The molecule has 0 radical (unpaired) electrons. The number of rotatable bonds is 5. The van der Waals surface area contributed by atoms with Gasteiger partial charge in [0.2, 0.25) is 0 Å². The van der Waals surface area contributed by atoms with E-state index in [4.69, 9.17) is 10.5 Å². The molecule has 0 bridgehead atoms. The van der Waals surface area contributed by atoms with Crippen LogP contribution in [0.2, 0.25) is 0 Å². The van der Waals surface area contributed by atoms with Gasteiger partial charge in [0.25, 0.3) is 0 Å².